The number of nitrogens with one attached hydrogen (secondary N) is 1. The lowest BCUT2D eigenvalue weighted by molar-refractivity contribution is -0.113. The lowest BCUT2D eigenvalue weighted by Crippen LogP contribution is -2.14. The molecule has 0 saturated heterocycles. The highest BCUT2D eigenvalue weighted by Crippen LogP contribution is 2.27. The van der Waals surface area contributed by atoms with Crippen molar-refractivity contribution >= 4 is 39.3 Å². The van der Waals surface area contributed by atoms with Gasteiger partial charge in [0.05, 0.1) is 29.0 Å². The molecule has 23 heavy (non-hydrogen) atoms. The zero-order chi connectivity index (χ0) is 16.7. The van der Waals surface area contributed by atoms with Crippen LogP contribution in [-0.2, 0) is 10.5 Å². The number of nitriles is 1. The van der Waals surface area contributed by atoms with E-state index in [0.717, 1.165) is 21.5 Å². The van der Waals surface area contributed by atoms with Gasteiger partial charge in [0.15, 0.2) is 0 Å². The van der Waals surface area contributed by atoms with Gasteiger partial charge >= 0.3 is 0 Å². The van der Waals surface area contributed by atoms with E-state index in [9.17, 15) is 4.79 Å². The van der Waals surface area contributed by atoms with Crippen LogP contribution in [0.2, 0.25) is 0 Å². The molecule has 0 aliphatic rings. The number of anilines is 1. The van der Waals surface area contributed by atoms with Crippen LogP contribution >= 0.6 is 27.7 Å². The molecule has 2 aromatic carbocycles. The minimum absolute atomic E-state index is 0.0855. The molecule has 0 aliphatic heterocycles. The maximum absolute atomic E-state index is 11.9. The maximum atomic E-state index is 11.9. The van der Waals surface area contributed by atoms with Gasteiger partial charge in [0.1, 0.15) is 5.75 Å². The average molecular weight is 391 g/mol. The number of halogens is 1. The second kappa shape index (κ2) is 8.61. The van der Waals surface area contributed by atoms with E-state index in [1.165, 1.54) is 11.8 Å². The van der Waals surface area contributed by atoms with E-state index in [-0.39, 0.29) is 5.91 Å². The molecular weight excluding hydrogens is 376 g/mol. The Balaban J connectivity index is 1.83. The van der Waals surface area contributed by atoms with Crippen molar-refractivity contribution < 1.29 is 9.53 Å². The number of hydrogen-bond acceptors (Lipinski definition) is 4. The monoisotopic (exact) mass is 390 g/mol. The summed E-state index contributed by atoms with van der Waals surface area (Å²) in [5.41, 5.74) is 2.28. The molecule has 0 saturated carbocycles. The highest BCUT2D eigenvalue weighted by molar-refractivity contribution is 9.10. The molecule has 0 atom stereocenters. The van der Waals surface area contributed by atoms with Gasteiger partial charge in [-0.2, -0.15) is 5.26 Å². The Labute approximate surface area is 148 Å². The van der Waals surface area contributed by atoms with Gasteiger partial charge in [0.2, 0.25) is 5.91 Å². The molecule has 118 valence electrons. The molecule has 0 radical (unpaired) electrons. The number of methoxy groups -OCH3 is 1. The minimum Gasteiger partial charge on any atom is -0.496 e. The van der Waals surface area contributed by atoms with E-state index < -0.39 is 0 Å². The number of rotatable bonds is 6. The van der Waals surface area contributed by atoms with E-state index in [1.807, 2.05) is 24.3 Å². The van der Waals surface area contributed by atoms with Crippen molar-refractivity contribution in [2.75, 3.05) is 18.2 Å². The second-order valence-corrected chi connectivity index (χ2v) is 6.54. The SMILES string of the molecule is COc1ccc(CSCC(=O)Nc2cccc(C#N)c2)cc1Br. The molecule has 1 N–H and O–H groups in total. The van der Waals surface area contributed by atoms with Gasteiger partial charge in [-0.05, 0) is 51.8 Å². The summed E-state index contributed by atoms with van der Waals surface area (Å²) in [5, 5.41) is 11.6. The third-order valence-corrected chi connectivity index (χ3v) is 4.62. The van der Waals surface area contributed by atoms with Crippen LogP contribution in [0.5, 0.6) is 5.75 Å². The highest BCUT2D eigenvalue weighted by Gasteiger charge is 2.05. The number of hydrogen-bond donors (Lipinski definition) is 1. The Kier molecular flexibility index (Phi) is 6.51. The van der Waals surface area contributed by atoms with Crippen LogP contribution in [-0.4, -0.2) is 18.8 Å². The summed E-state index contributed by atoms with van der Waals surface area (Å²) in [4.78, 5) is 11.9. The predicted molar refractivity (Wildman–Crippen MR) is 96.6 cm³/mol. The van der Waals surface area contributed by atoms with E-state index in [4.69, 9.17) is 10.00 Å². The maximum Gasteiger partial charge on any atom is 0.234 e. The van der Waals surface area contributed by atoms with Crippen LogP contribution < -0.4 is 10.1 Å². The second-order valence-electron chi connectivity index (χ2n) is 4.70. The fourth-order valence-electron chi connectivity index (χ4n) is 1.92. The molecule has 0 bridgehead atoms. The summed E-state index contributed by atoms with van der Waals surface area (Å²) in [6.45, 7) is 0. The van der Waals surface area contributed by atoms with Gasteiger partial charge in [0, 0.05) is 11.4 Å². The largest absolute Gasteiger partial charge is 0.496 e. The first-order valence-corrected chi connectivity index (χ1v) is 8.77. The van der Waals surface area contributed by atoms with Gasteiger partial charge in [-0.25, -0.2) is 0 Å². The molecule has 2 aromatic rings. The summed E-state index contributed by atoms with van der Waals surface area (Å²) in [5.74, 6) is 1.78. The van der Waals surface area contributed by atoms with Crippen molar-refractivity contribution in [2.45, 2.75) is 5.75 Å². The van der Waals surface area contributed by atoms with Gasteiger partial charge in [-0.1, -0.05) is 12.1 Å². The Morgan fingerprint density at radius 2 is 2.17 bits per heavy atom. The van der Waals surface area contributed by atoms with Crippen LogP contribution in [0.25, 0.3) is 0 Å². The van der Waals surface area contributed by atoms with Crippen molar-refractivity contribution in [3.8, 4) is 11.8 Å². The third kappa shape index (κ3) is 5.31. The first-order chi connectivity index (χ1) is 11.1. The summed E-state index contributed by atoms with van der Waals surface area (Å²) < 4.78 is 6.09. The standard InChI is InChI=1S/C17H15BrN2O2S/c1-22-16-6-5-13(8-15(16)18)10-23-11-17(21)20-14-4-2-3-12(7-14)9-19/h2-8H,10-11H2,1H3,(H,20,21). The van der Waals surface area contributed by atoms with E-state index in [2.05, 4.69) is 21.2 Å². The van der Waals surface area contributed by atoms with E-state index >= 15 is 0 Å². The summed E-state index contributed by atoms with van der Waals surface area (Å²) in [7, 11) is 1.63. The van der Waals surface area contributed by atoms with Gasteiger partial charge in [-0.15, -0.1) is 11.8 Å². The van der Waals surface area contributed by atoms with Crippen molar-refractivity contribution in [3.05, 3.63) is 58.1 Å². The molecule has 0 spiro atoms. The lowest BCUT2D eigenvalue weighted by atomic mass is 10.2. The van der Waals surface area contributed by atoms with Gasteiger partial charge < -0.3 is 10.1 Å². The first-order valence-electron chi connectivity index (χ1n) is 6.82. The summed E-state index contributed by atoms with van der Waals surface area (Å²) >= 11 is 4.97. The van der Waals surface area contributed by atoms with Crippen LogP contribution in [0.15, 0.2) is 46.9 Å². The molecule has 0 aromatic heterocycles. The number of thioether (sulfide) groups is 1. The number of carbonyl (C=O) groups is 1. The fourth-order valence-corrected chi connectivity index (χ4v) is 3.29. The summed E-state index contributed by atoms with van der Waals surface area (Å²) in [6, 6.07) is 14.8. The van der Waals surface area contributed by atoms with Crippen LogP contribution in [0.4, 0.5) is 5.69 Å². The van der Waals surface area contributed by atoms with Crippen molar-refractivity contribution in [2.24, 2.45) is 0 Å². The number of nitrogens with zero attached hydrogens (tertiary/aromatic N) is 1. The first kappa shape index (κ1) is 17.4. The summed E-state index contributed by atoms with van der Waals surface area (Å²) in [6.07, 6.45) is 0. The molecule has 6 heteroatoms. The Hall–Kier alpha value is -1.97. The van der Waals surface area contributed by atoms with Gasteiger partial charge in [-0.3, -0.25) is 4.79 Å². The van der Waals surface area contributed by atoms with Crippen molar-refractivity contribution in [1.29, 1.82) is 5.26 Å². The number of benzene rings is 2. The van der Waals surface area contributed by atoms with Crippen LogP contribution in [0, 0.1) is 11.3 Å². The van der Waals surface area contributed by atoms with Crippen molar-refractivity contribution in [1.82, 2.24) is 0 Å². The van der Waals surface area contributed by atoms with E-state index in [1.54, 1.807) is 31.4 Å². The average Bonchev–Trinajstić information content (AvgIpc) is 2.55. The predicted octanol–water partition coefficient (Wildman–Crippen LogP) is 4.20. The van der Waals surface area contributed by atoms with Crippen LogP contribution in [0.3, 0.4) is 0 Å². The Bertz CT molecular complexity index is 744. The normalized spacial score (nSPS) is 9.96. The molecule has 0 fully saturated rings. The molecule has 0 unspecified atom stereocenters. The van der Waals surface area contributed by atoms with E-state index in [0.29, 0.717) is 17.0 Å². The molecular formula is C17H15BrN2O2S. The number of carbonyl (C=O) groups excluding carboxylic acids is 1. The zero-order valence-corrected chi connectivity index (χ0v) is 14.9. The highest BCUT2D eigenvalue weighted by atomic mass is 79.9. The Morgan fingerprint density at radius 1 is 1.35 bits per heavy atom. The van der Waals surface area contributed by atoms with Crippen LogP contribution in [0.1, 0.15) is 11.1 Å². The molecule has 0 heterocycles. The quantitative estimate of drug-likeness (QED) is 0.802. The number of ether oxygens (including phenoxy) is 1. The molecule has 1 amide bonds. The fraction of sp³-hybridized carbons (Fsp3) is 0.176. The minimum atomic E-state index is -0.0855. The third-order valence-electron chi connectivity index (χ3n) is 2.99. The molecule has 4 nitrogen and oxygen atoms in total. The molecule has 2 rings (SSSR count). The molecule has 0 aliphatic carbocycles. The zero-order valence-electron chi connectivity index (χ0n) is 12.5. The lowest BCUT2D eigenvalue weighted by Gasteiger charge is -2.07. The van der Waals surface area contributed by atoms with Crippen molar-refractivity contribution in [3.63, 3.8) is 0 Å². The topological polar surface area (TPSA) is 62.1 Å². The van der Waals surface area contributed by atoms with Gasteiger partial charge in [0.25, 0.3) is 0 Å². The Morgan fingerprint density at radius 3 is 2.87 bits per heavy atom. The smallest absolute Gasteiger partial charge is 0.234 e. The number of amides is 1.